The Morgan fingerprint density at radius 3 is 2.71 bits per heavy atom. The number of ether oxygens (including phenoxy) is 1. The standard InChI is InChI=1S/C13H19NO3/c1-17-10-8-13(16)14-12(7-9-15)11-5-3-2-4-6-11/h2-6,12,15H,7-10H2,1H3,(H,14,16). The Morgan fingerprint density at radius 2 is 2.12 bits per heavy atom. The number of aliphatic hydroxyl groups excluding tert-OH is 1. The lowest BCUT2D eigenvalue weighted by Crippen LogP contribution is -2.29. The fourth-order valence-corrected chi connectivity index (χ4v) is 1.60. The summed E-state index contributed by atoms with van der Waals surface area (Å²) in [7, 11) is 1.57. The molecule has 1 atom stereocenters. The van der Waals surface area contributed by atoms with Gasteiger partial charge in [0.15, 0.2) is 0 Å². The summed E-state index contributed by atoms with van der Waals surface area (Å²) >= 11 is 0. The molecule has 17 heavy (non-hydrogen) atoms. The van der Waals surface area contributed by atoms with Crippen LogP contribution in [-0.4, -0.2) is 31.3 Å². The third-order valence-corrected chi connectivity index (χ3v) is 2.49. The van der Waals surface area contributed by atoms with Gasteiger partial charge in [-0.15, -0.1) is 0 Å². The molecule has 1 unspecified atom stereocenters. The van der Waals surface area contributed by atoms with Gasteiger partial charge in [-0.1, -0.05) is 30.3 Å². The molecule has 0 fully saturated rings. The molecule has 94 valence electrons. The lowest BCUT2D eigenvalue weighted by molar-refractivity contribution is -0.122. The van der Waals surface area contributed by atoms with Crippen molar-refractivity contribution in [3.63, 3.8) is 0 Å². The Morgan fingerprint density at radius 1 is 1.41 bits per heavy atom. The number of nitrogens with one attached hydrogen (secondary N) is 1. The van der Waals surface area contributed by atoms with Gasteiger partial charge in [-0.05, 0) is 12.0 Å². The maximum atomic E-state index is 11.6. The van der Waals surface area contributed by atoms with E-state index < -0.39 is 0 Å². The molecule has 0 heterocycles. The quantitative estimate of drug-likeness (QED) is 0.750. The van der Waals surface area contributed by atoms with E-state index in [0.29, 0.717) is 19.4 Å². The molecule has 0 bridgehead atoms. The Labute approximate surface area is 102 Å². The molecule has 0 saturated carbocycles. The molecule has 0 radical (unpaired) electrons. The first-order valence-electron chi connectivity index (χ1n) is 5.72. The summed E-state index contributed by atoms with van der Waals surface area (Å²) in [6.45, 7) is 0.455. The minimum absolute atomic E-state index is 0.0458. The zero-order valence-electron chi connectivity index (χ0n) is 10.1. The second-order valence-corrected chi connectivity index (χ2v) is 3.79. The van der Waals surface area contributed by atoms with E-state index in [2.05, 4.69) is 5.32 Å². The van der Waals surface area contributed by atoms with Gasteiger partial charge in [0.2, 0.25) is 5.91 Å². The second kappa shape index (κ2) is 7.81. The monoisotopic (exact) mass is 237 g/mol. The number of benzene rings is 1. The SMILES string of the molecule is COCCC(=O)NC(CCO)c1ccccc1. The third-order valence-electron chi connectivity index (χ3n) is 2.49. The van der Waals surface area contributed by atoms with E-state index in [1.165, 1.54) is 0 Å². The van der Waals surface area contributed by atoms with Gasteiger partial charge in [0.1, 0.15) is 0 Å². The summed E-state index contributed by atoms with van der Waals surface area (Å²) in [6.07, 6.45) is 0.855. The Kier molecular flexibility index (Phi) is 6.29. The Hall–Kier alpha value is -1.39. The molecule has 1 aromatic carbocycles. The van der Waals surface area contributed by atoms with Gasteiger partial charge >= 0.3 is 0 Å². The summed E-state index contributed by atoms with van der Waals surface area (Å²) in [5.41, 5.74) is 1.01. The normalized spacial score (nSPS) is 12.1. The molecule has 0 aromatic heterocycles. The van der Waals surface area contributed by atoms with Crippen LogP contribution in [0.5, 0.6) is 0 Å². The smallest absolute Gasteiger partial charge is 0.222 e. The van der Waals surface area contributed by atoms with E-state index in [-0.39, 0.29) is 18.6 Å². The molecule has 1 rings (SSSR count). The van der Waals surface area contributed by atoms with Crippen molar-refractivity contribution in [1.82, 2.24) is 5.32 Å². The third kappa shape index (κ3) is 4.97. The van der Waals surface area contributed by atoms with E-state index >= 15 is 0 Å². The predicted molar refractivity (Wildman–Crippen MR) is 65.5 cm³/mol. The van der Waals surface area contributed by atoms with E-state index in [4.69, 9.17) is 9.84 Å². The minimum atomic E-state index is -0.134. The molecule has 4 heteroatoms. The van der Waals surface area contributed by atoms with Crippen LogP contribution < -0.4 is 5.32 Å². The van der Waals surface area contributed by atoms with Gasteiger partial charge in [0.05, 0.1) is 12.6 Å². The summed E-state index contributed by atoms with van der Waals surface area (Å²) in [6, 6.07) is 9.51. The number of methoxy groups -OCH3 is 1. The van der Waals surface area contributed by atoms with Gasteiger partial charge in [-0.3, -0.25) is 4.79 Å². The highest BCUT2D eigenvalue weighted by molar-refractivity contribution is 5.76. The lowest BCUT2D eigenvalue weighted by atomic mass is 10.0. The fourth-order valence-electron chi connectivity index (χ4n) is 1.60. The maximum absolute atomic E-state index is 11.6. The van der Waals surface area contributed by atoms with E-state index in [9.17, 15) is 4.79 Å². The maximum Gasteiger partial charge on any atom is 0.222 e. The minimum Gasteiger partial charge on any atom is -0.396 e. The molecular formula is C13H19NO3. The number of hydrogen-bond acceptors (Lipinski definition) is 3. The van der Waals surface area contributed by atoms with Crippen LogP contribution >= 0.6 is 0 Å². The van der Waals surface area contributed by atoms with Crippen molar-refractivity contribution < 1.29 is 14.6 Å². The number of hydrogen-bond donors (Lipinski definition) is 2. The average molecular weight is 237 g/mol. The first kappa shape index (κ1) is 13.7. The van der Waals surface area contributed by atoms with Crippen molar-refractivity contribution in [2.75, 3.05) is 20.3 Å². The van der Waals surface area contributed by atoms with Crippen LogP contribution in [-0.2, 0) is 9.53 Å². The van der Waals surface area contributed by atoms with Gasteiger partial charge < -0.3 is 15.2 Å². The molecule has 4 nitrogen and oxygen atoms in total. The van der Waals surface area contributed by atoms with Crippen LogP contribution in [0, 0.1) is 0 Å². The molecule has 0 aliphatic rings. The van der Waals surface area contributed by atoms with Crippen LogP contribution in [0.25, 0.3) is 0 Å². The number of carbonyl (C=O) groups excluding carboxylic acids is 1. The lowest BCUT2D eigenvalue weighted by Gasteiger charge is -2.18. The second-order valence-electron chi connectivity index (χ2n) is 3.79. The highest BCUT2D eigenvalue weighted by atomic mass is 16.5. The molecule has 0 saturated heterocycles. The zero-order valence-corrected chi connectivity index (χ0v) is 10.1. The van der Waals surface area contributed by atoms with Gasteiger partial charge in [0.25, 0.3) is 0 Å². The van der Waals surface area contributed by atoms with Gasteiger partial charge in [-0.25, -0.2) is 0 Å². The largest absolute Gasteiger partial charge is 0.396 e. The van der Waals surface area contributed by atoms with Gasteiger partial charge in [0, 0.05) is 20.1 Å². The van der Waals surface area contributed by atoms with Crippen LogP contribution in [0.15, 0.2) is 30.3 Å². The number of aliphatic hydroxyl groups is 1. The summed E-state index contributed by atoms with van der Waals surface area (Å²) in [5.74, 6) is -0.0610. The highest BCUT2D eigenvalue weighted by Gasteiger charge is 2.13. The Bertz CT molecular complexity index is 327. The number of rotatable bonds is 7. The topological polar surface area (TPSA) is 58.6 Å². The van der Waals surface area contributed by atoms with Crippen molar-refractivity contribution in [3.8, 4) is 0 Å². The molecule has 0 aliphatic heterocycles. The van der Waals surface area contributed by atoms with Crippen LogP contribution in [0.1, 0.15) is 24.4 Å². The molecular weight excluding hydrogens is 218 g/mol. The number of carbonyl (C=O) groups is 1. The first-order chi connectivity index (χ1) is 8.27. The van der Waals surface area contributed by atoms with E-state index in [0.717, 1.165) is 5.56 Å². The zero-order chi connectivity index (χ0) is 12.5. The van der Waals surface area contributed by atoms with E-state index in [1.54, 1.807) is 7.11 Å². The van der Waals surface area contributed by atoms with Crippen molar-refractivity contribution in [2.45, 2.75) is 18.9 Å². The first-order valence-corrected chi connectivity index (χ1v) is 5.72. The fraction of sp³-hybridized carbons (Fsp3) is 0.462. The molecule has 0 spiro atoms. The molecule has 1 amide bonds. The van der Waals surface area contributed by atoms with Crippen molar-refractivity contribution in [3.05, 3.63) is 35.9 Å². The van der Waals surface area contributed by atoms with Gasteiger partial charge in [-0.2, -0.15) is 0 Å². The summed E-state index contributed by atoms with van der Waals surface area (Å²) < 4.78 is 4.85. The van der Waals surface area contributed by atoms with Crippen LogP contribution in [0.4, 0.5) is 0 Å². The van der Waals surface area contributed by atoms with Crippen molar-refractivity contribution in [1.29, 1.82) is 0 Å². The predicted octanol–water partition coefficient (Wildman–Crippen LogP) is 1.26. The summed E-state index contributed by atoms with van der Waals surface area (Å²) in [5, 5.41) is 11.9. The highest BCUT2D eigenvalue weighted by Crippen LogP contribution is 2.15. The van der Waals surface area contributed by atoms with Crippen molar-refractivity contribution in [2.24, 2.45) is 0 Å². The number of amides is 1. The average Bonchev–Trinajstić information content (AvgIpc) is 2.37. The molecule has 0 aliphatic carbocycles. The van der Waals surface area contributed by atoms with E-state index in [1.807, 2.05) is 30.3 Å². The van der Waals surface area contributed by atoms with Crippen molar-refractivity contribution >= 4 is 5.91 Å². The Balaban J connectivity index is 2.57. The van der Waals surface area contributed by atoms with Crippen LogP contribution in [0.3, 0.4) is 0 Å². The molecule has 2 N–H and O–H groups in total. The molecule has 1 aromatic rings. The summed E-state index contributed by atoms with van der Waals surface area (Å²) in [4.78, 5) is 11.6. The van der Waals surface area contributed by atoms with Crippen LogP contribution in [0.2, 0.25) is 0 Å².